The second kappa shape index (κ2) is 9.12. The molecule has 2 aliphatic rings. The topological polar surface area (TPSA) is 64.3 Å². The van der Waals surface area contributed by atoms with Gasteiger partial charge < -0.3 is 19.7 Å². The van der Waals surface area contributed by atoms with Crippen molar-refractivity contribution in [3.63, 3.8) is 0 Å². The summed E-state index contributed by atoms with van der Waals surface area (Å²) in [4.78, 5) is 17.4. The van der Waals surface area contributed by atoms with Gasteiger partial charge in [-0.3, -0.25) is 4.79 Å². The number of likely N-dealkylation sites (N-methyl/N-ethyl adjacent to an activating group) is 1. The zero-order valence-corrected chi connectivity index (χ0v) is 20.5. The molecule has 0 bridgehead atoms. The van der Waals surface area contributed by atoms with Gasteiger partial charge in [0.15, 0.2) is 0 Å². The van der Waals surface area contributed by atoms with Gasteiger partial charge in [-0.15, -0.1) is 0 Å². The van der Waals surface area contributed by atoms with Crippen LogP contribution in [0.1, 0.15) is 35.4 Å². The lowest BCUT2D eigenvalue weighted by Crippen LogP contribution is -2.37. The van der Waals surface area contributed by atoms with E-state index in [-0.39, 0.29) is 19.1 Å². The molecular formula is C26H31N5OS. The fraction of sp³-hybridized carbons (Fsp3) is 0.385. The van der Waals surface area contributed by atoms with Crippen LogP contribution in [0.25, 0.3) is 10.9 Å². The summed E-state index contributed by atoms with van der Waals surface area (Å²) < 4.78 is 1.79. The first-order chi connectivity index (χ1) is 15.5. The third-order valence-electron chi connectivity index (χ3n) is 7.09. The predicted octanol–water partition coefficient (Wildman–Crippen LogP) is 3.89. The van der Waals surface area contributed by atoms with Crippen LogP contribution in [-0.4, -0.2) is 37.8 Å². The van der Waals surface area contributed by atoms with Crippen LogP contribution in [0.2, 0.25) is 0 Å². The van der Waals surface area contributed by atoms with Gasteiger partial charge in [0.05, 0.1) is 34.2 Å². The van der Waals surface area contributed by atoms with Crippen LogP contribution in [-0.2, 0) is 7.05 Å². The van der Waals surface area contributed by atoms with Gasteiger partial charge in [0.2, 0.25) is 0 Å². The number of fused-ring (bicyclic) bond motifs is 2. The lowest BCUT2D eigenvalue weighted by atomic mass is 9.88. The van der Waals surface area contributed by atoms with Gasteiger partial charge in [-0.1, -0.05) is 0 Å². The van der Waals surface area contributed by atoms with Gasteiger partial charge in [-0.05, 0) is 80.7 Å². The Hall–Kier alpha value is -2.95. The summed E-state index contributed by atoms with van der Waals surface area (Å²) in [6, 6.07) is 14.8. The standard InChI is InChI=1S/C26H29N5O.H2S/c1-17-12-21-23(30(3)26(17)32)14-20(19-6-8-28-9-7-19)15-24(21)31-11-10-29(2)22-5-4-18(16-27)13-25(22)31;/h4-5,12-15,19,28H,6-11H2,1-3H3;1H2. The highest BCUT2D eigenvalue weighted by molar-refractivity contribution is 7.59. The highest BCUT2D eigenvalue weighted by Crippen LogP contribution is 2.42. The molecule has 0 atom stereocenters. The van der Waals surface area contributed by atoms with Crippen LogP contribution in [0, 0.1) is 18.3 Å². The van der Waals surface area contributed by atoms with Crippen molar-refractivity contribution in [2.45, 2.75) is 25.7 Å². The lowest BCUT2D eigenvalue weighted by molar-refractivity contribution is 0.460. The van der Waals surface area contributed by atoms with Gasteiger partial charge in [0.25, 0.3) is 5.56 Å². The summed E-state index contributed by atoms with van der Waals surface area (Å²) in [5.41, 5.74) is 7.02. The summed E-state index contributed by atoms with van der Waals surface area (Å²) in [7, 11) is 3.97. The number of nitrogens with zero attached hydrogens (tertiary/aromatic N) is 4. The smallest absolute Gasteiger partial charge is 0.253 e. The molecule has 0 spiro atoms. The maximum absolute atomic E-state index is 12.8. The van der Waals surface area contributed by atoms with Crippen molar-refractivity contribution < 1.29 is 0 Å². The highest BCUT2D eigenvalue weighted by Gasteiger charge is 2.26. The van der Waals surface area contributed by atoms with Gasteiger partial charge in [0, 0.05) is 38.1 Å². The van der Waals surface area contributed by atoms with E-state index in [1.54, 1.807) is 4.57 Å². The number of nitrogens with one attached hydrogen (secondary N) is 1. The molecular weight excluding hydrogens is 430 g/mol. The van der Waals surface area contributed by atoms with E-state index >= 15 is 0 Å². The molecule has 2 aliphatic heterocycles. The number of pyridine rings is 1. The molecule has 6 nitrogen and oxygen atoms in total. The Balaban J connectivity index is 0.00000259. The largest absolute Gasteiger partial charge is 0.371 e. The molecule has 1 aromatic heterocycles. The number of aryl methyl sites for hydroxylation is 2. The van der Waals surface area contributed by atoms with Crippen molar-refractivity contribution in [3.05, 3.63) is 63.4 Å². The van der Waals surface area contributed by atoms with Crippen LogP contribution >= 0.6 is 13.5 Å². The number of piperidine rings is 1. The van der Waals surface area contributed by atoms with E-state index in [1.165, 1.54) is 5.56 Å². The van der Waals surface area contributed by atoms with Crippen LogP contribution in [0.4, 0.5) is 17.1 Å². The average Bonchev–Trinajstić information content (AvgIpc) is 2.83. The SMILES string of the molecule is Cc1cc2c(N3CCN(C)c4ccc(C#N)cc43)cc(C3CCNCC3)cc2n(C)c1=O.S. The minimum Gasteiger partial charge on any atom is -0.371 e. The van der Waals surface area contributed by atoms with Crippen molar-refractivity contribution in [3.8, 4) is 6.07 Å². The number of rotatable bonds is 2. The van der Waals surface area contributed by atoms with E-state index in [4.69, 9.17) is 0 Å². The first-order valence-electron chi connectivity index (χ1n) is 11.4. The molecule has 172 valence electrons. The number of aromatic nitrogens is 1. The highest BCUT2D eigenvalue weighted by atomic mass is 32.1. The Morgan fingerprint density at radius 1 is 1.00 bits per heavy atom. The number of hydrogen-bond donors (Lipinski definition) is 1. The summed E-state index contributed by atoms with van der Waals surface area (Å²) in [5, 5.41) is 14.1. The van der Waals surface area contributed by atoms with E-state index in [9.17, 15) is 10.1 Å². The number of nitriles is 1. The van der Waals surface area contributed by atoms with Gasteiger partial charge >= 0.3 is 0 Å². The molecule has 0 radical (unpaired) electrons. The van der Waals surface area contributed by atoms with E-state index in [2.05, 4.69) is 40.4 Å². The number of benzene rings is 2. The van der Waals surface area contributed by atoms with E-state index < -0.39 is 0 Å². The van der Waals surface area contributed by atoms with E-state index in [1.807, 2.05) is 38.2 Å². The Labute approximate surface area is 201 Å². The molecule has 2 aromatic carbocycles. The maximum atomic E-state index is 12.8. The average molecular weight is 462 g/mol. The number of hydrogen-bond acceptors (Lipinski definition) is 5. The zero-order valence-electron chi connectivity index (χ0n) is 19.5. The molecule has 1 saturated heterocycles. The maximum Gasteiger partial charge on any atom is 0.253 e. The quantitative estimate of drug-likeness (QED) is 0.627. The molecule has 0 amide bonds. The molecule has 0 aliphatic carbocycles. The third-order valence-corrected chi connectivity index (χ3v) is 7.09. The lowest BCUT2D eigenvalue weighted by Gasteiger charge is -2.38. The first kappa shape index (κ1) is 23.2. The molecule has 0 unspecified atom stereocenters. The van der Waals surface area contributed by atoms with Crippen LogP contribution in [0.3, 0.4) is 0 Å². The number of anilines is 3. The molecule has 0 saturated carbocycles. The summed E-state index contributed by atoms with van der Waals surface area (Å²) in [5.74, 6) is 0.480. The summed E-state index contributed by atoms with van der Waals surface area (Å²) >= 11 is 0. The van der Waals surface area contributed by atoms with Crippen LogP contribution in [0.5, 0.6) is 0 Å². The summed E-state index contributed by atoms with van der Waals surface area (Å²) in [6.45, 7) is 5.65. The molecule has 5 rings (SSSR count). The van der Waals surface area contributed by atoms with Crippen molar-refractivity contribution in [2.75, 3.05) is 43.0 Å². The summed E-state index contributed by atoms with van der Waals surface area (Å²) in [6.07, 6.45) is 2.20. The van der Waals surface area contributed by atoms with Crippen molar-refractivity contribution in [2.24, 2.45) is 7.05 Å². The predicted molar refractivity (Wildman–Crippen MR) is 141 cm³/mol. The normalized spacial score (nSPS) is 16.3. The van der Waals surface area contributed by atoms with Crippen molar-refractivity contribution in [1.29, 1.82) is 5.26 Å². The molecule has 1 N–H and O–H groups in total. The Morgan fingerprint density at radius 2 is 1.76 bits per heavy atom. The fourth-order valence-corrected chi connectivity index (χ4v) is 5.21. The van der Waals surface area contributed by atoms with Crippen LogP contribution < -0.4 is 20.7 Å². The molecule has 7 heteroatoms. The van der Waals surface area contributed by atoms with E-state index in [0.717, 1.165) is 72.5 Å². The second-order valence-corrected chi connectivity index (χ2v) is 9.08. The van der Waals surface area contributed by atoms with Crippen molar-refractivity contribution >= 4 is 41.5 Å². The van der Waals surface area contributed by atoms with Gasteiger partial charge in [-0.25, -0.2) is 0 Å². The first-order valence-corrected chi connectivity index (χ1v) is 11.4. The van der Waals surface area contributed by atoms with Crippen LogP contribution in [0.15, 0.2) is 41.2 Å². The van der Waals surface area contributed by atoms with Gasteiger partial charge in [0.1, 0.15) is 0 Å². The van der Waals surface area contributed by atoms with E-state index in [0.29, 0.717) is 11.5 Å². The molecule has 3 heterocycles. The third kappa shape index (κ3) is 3.98. The van der Waals surface area contributed by atoms with Crippen molar-refractivity contribution in [1.82, 2.24) is 9.88 Å². The second-order valence-electron chi connectivity index (χ2n) is 9.08. The molecule has 1 fully saturated rings. The fourth-order valence-electron chi connectivity index (χ4n) is 5.21. The Morgan fingerprint density at radius 3 is 2.48 bits per heavy atom. The molecule has 3 aromatic rings. The minimum absolute atomic E-state index is 0. The Kier molecular flexibility index (Phi) is 6.42. The monoisotopic (exact) mass is 461 g/mol. The van der Waals surface area contributed by atoms with Gasteiger partial charge in [-0.2, -0.15) is 18.8 Å². The Bertz CT molecular complexity index is 1300. The minimum atomic E-state index is 0. The zero-order chi connectivity index (χ0) is 22.4. The molecule has 33 heavy (non-hydrogen) atoms.